The third-order valence-corrected chi connectivity index (χ3v) is 2.90. The first-order valence-electron chi connectivity index (χ1n) is 6.30. The van der Waals surface area contributed by atoms with Crippen LogP contribution in [0.25, 0.3) is 6.20 Å². The van der Waals surface area contributed by atoms with E-state index in [0.29, 0.717) is 4.57 Å². The van der Waals surface area contributed by atoms with E-state index in [0.717, 1.165) is 24.4 Å². The van der Waals surface area contributed by atoms with Crippen LogP contribution >= 0.6 is 0 Å². The van der Waals surface area contributed by atoms with Crippen LogP contribution in [0, 0.1) is 0 Å². The predicted octanol–water partition coefficient (Wildman–Crippen LogP) is 4.13. The van der Waals surface area contributed by atoms with Gasteiger partial charge >= 0.3 is 12.4 Å². The normalized spacial score (nSPS) is 12.1. The summed E-state index contributed by atoms with van der Waals surface area (Å²) in [5.41, 5.74) is -4.34. The molecule has 24 heavy (non-hydrogen) atoms. The number of halogens is 6. The van der Waals surface area contributed by atoms with Crippen molar-refractivity contribution < 1.29 is 26.3 Å². The van der Waals surface area contributed by atoms with Gasteiger partial charge in [-0.05, 0) is 12.1 Å². The molecule has 0 bridgehead atoms. The first kappa shape index (κ1) is 17.6. The maximum Gasteiger partial charge on any atom is 0.433 e. The van der Waals surface area contributed by atoms with Gasteiger partial charge in [0, 0.05) is 12.3 Å². The summed E-state index contributed by atoms with van der Waals surface area (Å²) in [6.07, 6.45) is -8.84. The van der Waals surface area contributed by atoms with Crippen molar-refractivity contribution in [3.05, 3.63) is 58.5 Å². The second-order valence-electron chi connectivity index (χ2n) is 4.52. The predicted molar refractivity (Wildman–Crippen MR) is 74.6 cm³/mol. The van der Waals surface area contributed by atoms with Gasteiger partial charge < -0.3 is 5.32 Å². The van der Waals surface area contributed by atoms with Gasteiger partial charge in [0.25, 0.3) is 5.56 Å². The number of hydrogen-bond donors (Lipinski definition) is 1. The zero-order chi connectivity index (χ0) is 18.1. The maximum atomic E-state index is 13.0. The van der Waals surface area contributed by atoms with Crippen LogP contribution in [-0.2, 0) is 12.4 Å². The highest BCUT2D eigenvalue weighted by Gasteiger charge is 2.35. The van der Waals surface area contributed by atoms with Gasteiger partial charge in [0.2, 0.25) is 5.95 Å². The Labute approximate surface area is 131 Å². The number of hydrogen-bond acceptors (Lipinski definition) is 3. The summed E-state index contributed by atoms with van der Waals surface area (Å²) < 4.78 is 77.7. The van der Waals surface area contributed by atoms with Crippen LogP contribution in [0.5, 0.6) is 0 Å². The quantitative estimate of drug-likeness (QED) is 0.848. The summed E-state index contributed by atoms with van der Waals surface area (Å²) in [7, 11) is 0. The summed E-state index contributed by atoms with van der Waals surface area (Å²) in [5, 5.41) is 2.11. The molecule has 0 aliphatic carbocycles. The molecule has 0 saturated heterocycles. The van der Waals surface area contributed by atoms with Crippen LogP contribution < -0.4 is 10.9 Å². The van der Waals surface area contributed by atoms with E-state index in [1.807, 2.05) is 0 Å². The second-order valence-corrected chi connectivity index (χ2v) is 4.52. The summed E-state index contributed by atoms with van der Waals surface area (Å²) in [6, 6.07) is 4.34. The molecule has 0 unspecified atom stereocenters. The van der Waals surface area contributed by atoms with Crippen molar-refractivity contribution in [2.75, 3.05) is 5.32 Å². The van der Waals surface area contributed by atoms with Gasteiger partial charge in [0.05, 0.1) is 11.3 Å². The average molecular weight is 349 g/mol. The van der Waals surface area contributed by atoms with Gasteiger partial charge in [-0.2, -0.15) is 26.3 Å². The fourth-order valence-corrected chi connectivity index (χ4v) is 1.86. The van der Waals surface area contributed by atoms with E-state index in [1.54, 1.807) is 0 Å². The minimum Gasteiger partial charge on any atom is -0.325 e. The van der Waals surface area contributed by atoms with E-state index in [1.165, 1.54) is 6.07 Å². The molecule has 2 rings (SSSR count). The van der Waals surface area contributed by atoms with Crippen LogP contribution in [0.2, 0.25) is 0 Å². The van der Waals surface area contributed by atoms with Crippen LogP contribution in [0.1, 0.15) is 11.3 Å². The third kappa shape index (κ3) is 3.58. The van der Waals surface area contributed by atoms with Crippen molar-refractivity contribution in [1.82, 2.24) is 9.55 Å². The topological polar surface area (TPSA) is 46.9 Å². The van der Waals surface area contributed by atoms with Crippen LogP contribution in [0.15, 0.2) is 41.7 Å². The Balaban J connectivity index is 2.61. The number of para-hydroxylation sites is 1. The molecule has 1 N–H and O–H groups in total. The summed E-state index contributed by atoms with van der Waals surface area (Å²) in [5.74, 6) is -0.735. The van der Waals surface area contributed by atoms with E-state index in [9.17, 15) is 31.1 Å². The second kappa shape index (κ2) is 6.02. The highest BCUT2D eigenvalue weighted by atomic mass is 19.4. The standard InChI is InChI=1S/C14H9F6N3O/c1-2-23-11(24)7-10(14(18,19)20)22-12(23)21-9-6-4-3-5-8(9)13(15,16)17/h2-7H,1H2,(H,21,22). The number of nitrogens with zero attached hydrogens (tertiary/aromatic N) is 2. The van der Waals surface area contributed by atoms with Crippen molar-refractivity contribution in [1.29, 1.82) is 0 Å². The molecular weight excluding hydrogens is 340 g/mol. The Morgan fingerprint density at radius 1 is 1.08 bits per heavy atom. The molecule has 0 spiro atoms. The highest BCUT2D eigenvalue weighted by molar-refractivity contribution is 5.61. The summed E-state index contributed by atoms with van der Waals surface area (Å²) in [6.45, 7) is 3.24. The lowest BCUT2D eigenvalue weighted by Gasteiger charge is -2.16. The molecule has 2 aromatic rings. The Kier molecular flexibility index (Phi) is 4.41. The van der Waals surface area contributed by atoms with Crippen molar-refractivity contribution in [2.45, 2.75) is 12.4 Å². The highest BCUT2D eigenvalue weighted by Crippen LogP contribution is 2.36. The minimum absolute atomic E-state index is 0.225. The molecule has 0 aliphatic heterocycles. The number of nitrogens with one attached hydrogen (secondary N) is 1. The van der Waals surface area contributed by atoms with Gasteiger partial charge in [-0.3, -0.25) is 9.36 Å². The fourth-order valence-electron chi connectivity index (χ4n) is 1.86. The number of alkyl halides is 6. The number of rotatable bonds is 3. The molecule has 0 amide bonds. The van der Waals surface area contributed by atoms with Crippen LogP contribution in [0.3, 0.4) is 0 Å². The zero-order valence-electron chi connectivity index (χ0n) is 11.7. The molecule has 0 atom stereocenters. The first-order valence-corrected chi connectivity index (χ1v) is 6.30. The van der Waals surface area contributed by atoms with E-state index < -0.39 is 40.8 Å². The van der Waals surface area contributed by atoms with Gasteiger partial charge in [-0.15, -0.1) is 0 Å². The lowest BCUT2D eigenvalue weighted by Crippen LogP contribution is -2.24. The molecule has 4 nitrogen and oxygen atoms in total. The summed E-state index contributed by atoms with van der Waals surface area (Å²) in [4.78, 5) is 14.9. The molecule has 0 fully saturated rings. The van der Waals surface area contributed by atoms with Crippen LogP contribution in [-0.4, -0.2) is 9.55 Å². The fraction of sp³-hybridized carbons (Fsp3) is 0.143. The molecule has 1 aromatic heterocycles. The smallest absolute Gasteiger partial charge is 0.325 e. The lowest BCUT2D eigenvalue weighted by molar-refractivity contribution is -0.141. The average Bonchev–Trinajstić information content (AvgIpc) is 2.45. The zero-order valence-corrected chi connectivity index (χ0v) is 11.7. The van der Waals surface area contributed by atoms with Gasteiger partial charge in [-0.25, -0.2) is 4.98 Å². The first-order chi connectivity index (χ1) is 11.0. The molecule has 0 aliphatic rings. The van der Waals surface area contributed by atoms with E-state index >= 15 is 0 Å². The molecule has 1 aromatic carbocycles. The van der Waals surface area contributed by atoms with E-state index in [-0.39, 0.29) is 6.07 Å². The Hall–Kier alpha value is -2.78. The molecular formula is C14H9F6N3O. The summed E-state index contributed by atoms with van der Waals surface area (Å²) >= 11 is 0. The number of anilines is 2. The Bertz CT molecular complexity index is 822. The maximum absolute atomic E-state index is 13.0. The van der Waals surface area contributed by atoms with Gasteiger partial charge in [0.15, 0.2) is 5.69 Å². The molecule has 0 saturated carbocycles. The van der Waals surface area contributed by atoms with E-state index in [2.05, 4.69) is 16.9 Å². The van der Waals surface area contributed by atoms with Crippen molar-refractivity contribution >= 4 is 17.8 Å². The van der Waals surface area contributed by atoms with Crippen molar-refractivity contribution in [3.8, 4) is 0 Å². The molecule has 128 valence electrons. The lowest BCUT2D eigenvalue weighted by atomic mass is 10.1. The van der Waals surface area contributed by atoms with Gasteiger partial charge in [0.1, 0.15) is 0 Å². The number of benzene rings is 1. The minimum atomic E-state index is -4.93. The Morgan fingerprint density at radius 3 is 2.25 bits per heavy atom. The largest absolute Gasteiger partial charge is 0.433 e. The van der Waals surface area contributed by atoms with Crippen LogP contribution in [0.4, 0.5) is 38.0 Å². The molecule has 10 heteroatoms. The SMILES string of the molecule is C=Cn1c(Nc2ccccc2C(F)(F)F)nc(C(F)(F)F)cc1=O. The molecule has 1 heterocycles. The van der Waals surface area contributed by atoms with Crippen molar-refractivity contribution in [2.24, 2.45) is 0 Å². The third-order valence-electron chi connectivity index (χ3n) is 2.90. The number of aromatic nitrogens is 2. The van der Waals surface area contributed by atoms with Crippen molar-refractivity contribution in [3.63, 3.8) is 0 Å². The van der Waals surface area contributed by atoms with E-state index in [4.69, 9.17) is 0 Å². The monoisotopic (exact) mass is 349 g/mol. The molecule has 0 radical (unpaired) electrons. The Morgan fingerprint density at radius 2 is 1.71 bits per heavy atom. The van der Waals surface area contributed by atoms with Gasteiger partial charge in [-0.1, -0.05) is 18.7 Å².